The average molecular weight is 446 g/mol. The summed E-state index contributed by atoms with van der Waals surface area (Å²) in [6, 6.07) is 16.1. The van der Waals surface area contributed by atoms with Crippen LogP contribution in [-0.4, -0.2) is 33.9 Å². The number of hydrogen-bond donors (Lipinski definition) is 1. The average Bonchev–Trinajstić information content (AvgIpc) is 3.49. The van der Waals surface area contributed by atoms with Crippen LogP contribution in [0, 0.1) is 10.1 Å². The fourth-order valence-electron chi connectivity index (χ4n) is 3.81. The minimum atomic E-state index is -0.443. The molecule has 160 valence electrons. The summed E-state index contributed by atoms with van der Waals surface area (Å²) in [7, 11) is 0. The number of nitrogens with one attached hydrogen (secondary N) is 1. The van der Waals surface area contributed by atoms with E-state index in [1.165, 1.54) is 6.07 Å². The number of aromatic nitrogens is 2. The molecule has 32 heavy (non-hydrogen) atoms. The van der Waals surface area contributed by atoms with Crippen LogP contribution in [0.25, 0.3) is 20.8 Å². The van der Waals surface area contributed by atoms with E-state index in [1.807, 2.05) is 35.2 Å². The van der Waals surface area contributed by atoms with Crippen molar-refractivity contribution in [1.82, 2.24) is 9.97 Å². The molecule has 0 spiro atoms. The lowest BCUT2D eigenvalue weighted by atomic mass is 10.1. The van der Waals surface area contributed by atoms with Gasteiger partial charge in [-0.15, -0.1) is 11.3 Å². The van der Waals surface area contributed by atoms with Crippen LogP contribution in [0.3, 0.4) is 0 Å². The summed E-state index contributed by atoms with van der Waals surface area (Å²) >= 11 is 1.58. The van der Waals surface area contributed by atoms with Gasteiger partial charge in [-0.2, -0.15) is 0 Å². The number of benzene rings is 2. The van der Waals surface area contributed by atoms with Gasteiger partial charge in [-0.25, -0.2) is 9.97 Å². The van der Waals surface area contributed by atoms with Crippen LogP contribution < -0.4 is 10.2 Å². The normalized spacial score (nSPS) is 13.4. The first-order valence-corrected chi connectivity index (χ1v) is 11.1. The third-order valence-corrected chi connectivity index (χ3v) is 6.51. The van der Waals surface area contributed by atoms with Crippen LogP contribution in [-0.2, 0) is 0 Å². The van der Waals surface area contributed by atoms with Gasteiger partial charge in [-0.3, -0.25) is 14.9 Å². The van der Waals surface area contributed by atoms with Crippen molar-refractivity contribution in [2.75, 3.05) is 23.3 Å². The predicted molar refractivity (Wildman–Crippen MR) is 125 cm³/mol. The van der Waals surface area contributed by atoms with Crippen molar-refractivity contribution < 1.29 is 9.72 Å². The highest BCUT2D eigenvalue weighted by molar-refractivity contribution is 7.21. The SMILES string of the molecule is O=C(Nc1ccc(-c2nc3ccccc3s2)cn1)c1ccc(N2CCCC2)c([N+](=O)[O-])c1. The molecule has 0 radical (unpaired) electrons. The van der Waals surface area contributed by atoms with Crippen molar-refractivity contribution in [3.63, 3.8) is 0 Å². The van der Waals surface area contributed by atoms with E-state index in [0.717, 1.165) is 46.7 Å². The largest absolute Gasteiger partial charge is 0.366 e. The first kappa shape index (κ1) is 20.1. The molecule has 5 rings (SSSR count). The molecule has 1 N–H and O–H groups in total. The minimum Gasteiger partial charge on any atom is -0.366 e. The number of pyridine rings is 1. The first-order valence-electron chi connectivity index (χ1n) is 10.3. The van der Waals surface area contributed by atoms with Crippen LogP contribution in [0.1, 0.15) is 23.2 Å². The highest BCUT2D eigenvalue weighted by Crippen LogP contribution is 2.32. The van der Waals surface area contributed by atoms with Gasteiger partial charge in [0.2, 0.25) is 0 Å². The highest BCUT2D eigenvalue weighted by Gasteiger charge is 2.24. The molecule has 0 aliphatic carbocycles. The summed E-state index contributed by atoms with van der Waals surface area (Å²) in [6.45, 7) is 1.58. The van der Waals surface area contributed by atoms with Gasteiger partial charge in [0.1, 0.15) is 16.5 Å². The number of nitro benzene ring substituents is 1. The van der Waals surface area contributed by atoms with Crippen molar-refractivity contribution in [2.24, 2.45) is 0 Å². The molecule has 0 unspecified atom stereocenters. The second-order valence-electron chi connectivity index (χ2n) is 7.53. The third-order valence-electron chi connectivity index (χ3n) is 5.43. The summed E-state index contributed by atoms with van der Waals surface area (Å²) in [4.78, 5) is 34.8. The number of anilines is 2. The lowest BCUT2D eigenvalue weighted by molar-refractivity contribution is -0.384. The lowest BCUT2D eigenvalue weighted by Crippen LogP contribution is -2.20. The summed E-state index contributed by atoms with van der Waals surface area (Å²) in [5, 5.41) is 15.1. The predicted octanol–water partition coefficient (Wildman–Crippen LogP) is 5.12. The maximum Gasteiger partial charge on any atom is 0.293 e. The van der Waals surface area contributed by atoms with Crippen molar-refractivity contribution in [2.45, 2.75) is 12.8 Å². The Kier molecular flexibility index (Phi) is 5.24. The molecule has 1 aliphatic rings. The quantitative estimate of drug-likeness (QED) is 0.338. The molecule has 0 bridgehead atoms. The Bertz CT molecular complexity index is 1280. The van der Waals surface area contributed by atoms with Gasteiger partial charge in [0.05, 0.1) is 15.1 Å². The molecule has 1 amide bonds. The molecular formula is C23H19N5O3S. The summed E-state index contributed by atoms with van der Waals surface area (Å²) in [5.41, 5.74) is 2.51. The van der Waals surface area contributed by atoms with Gasteiger partial charge < -0.3 is 10.2 Å². The van der Waals surface area contributed by atoms with Crippen molar-refractivity contribution in [1.29, 1.82) is 0 Å². The number of thiazole rings is 1. The fourth-order valence-corrected chi connectivity index (χ4v) is 4.77. The van der Waals surface area contributed by atoms with E-state index >= 15 is 0 Å². The smallest absolute Gasteiger partial charge is 0.293 e. The van der Waals surface area contributed by atoms with Crippen LogP contribution in [0.4, 0.5) is 17.2 Å². The number of hydrogen-bond acceptors (Lipinski definition) is 7. The Hall–Kier alpha value is -3.85. The van der Waals surface area contributed by atoms with Gasteiger partial charge >= 0.3 is 0 Å². The van der Waals surface area contributed by atoms with Crippen LogP contribution in [0.2, 0.25) is 0 Å². The van der Waals surface area contributed by atoms with Gasteiger partial charge in [-0.05, 0) is 49.2 Å². The Morgan fingerprint density at radius 2 is 1.91 bits per heavy atom. The van der Waals surface area contributed by atoms with E-state index in [9.17, 15) is 14.9 Å². The van der Waals surface area contributed by atoms with Gasteiger partial charge in [0, 0.05) is 36.5 Å². The molecule has 9 heteroatoms. The van der Waals surface area contributed by atoms with E-state index in [-0.39, 0.29) is 11.3 Å². The van der Waals surface area contributed by atoms with Crippen molar-refractivity contribution in [3.8, 4) is 10.6 Å². The molecule has 3 heterocycles. The Morgan fingerprint density at radius 3 is 2.62 bits per heavy atom. The first-order chi connectivity index (χ1) is 15.6. The van der Waals surface area contributed by atoms with Crippen LogP contribution >= 0.6 is 11.3 Å². The number of nitro groups is 1. The van der Waals surface area contributed by atoms with E-state index in [4.69, 9.17) is 0 Å². The number of para-hydroxylation sites is 1. The van der Waals surface area contributed by atoms with Crippen LogP contribution in [0.5, 0.6) is 0 Å². The number of carbonyl (C=O) groups excluding carboxylic acids is 1. The Morgan fingerprint density at radius 1 is 1.09 bits per heavy atom. The number of rotatable bonds is 5. The molecule has 0 saturated carbocycles. The second-order valence-corrected chi connectivity index (χ2v) is 8.56. The number of carbonyl (C=O) groups is 1. The number of amides is 1. The third kappa shape index (κ3) is 3.90. The van der Waals surface area contributed by atoms with E-state index in [0.29, 0.717) is 11.5 Å². The van der Waals surface area contributed by atoms with E-state index in [1.54, 1.807) is 35.7 Å². The second kappa shape index (κ2) is 8.35. The van der Waals surface area contributed by atoms with E-state index < -0.39 is 10.8 Å². The Balaban J connectivity index is 1.34. The molecule has 0 atom stereocenters. The number of nitrogens with zero attached hydrogens (tertiary/aromatic N) is 4. The van der Waals surface area contributed by atoms with Gasteiger partial charge in [-0.1, -0.05) is 12.1 Å². The maximum absolute atomic E-state index is 12.7. The zero-order valence-corrected chi connectivity index (χ0v) is 17.8. The number of fused-ring (bicyclic) bond motifs is 1. The molecule has 8 nitrogen and oxygen atoms in total. The molecule has 1 saturated heterocycles. The van der Waals surface area contributed by atoms with Crippen molar-refractivity contribution >= 4 is 44.7 Å². The minimum absolute atomic E-state index is 0.0568. The standard InChI is InChI=1S/C23H19N5O3S/c29-22(15-7-9-18(19(13-15)28(30)31)27-11-3-4-12-27)26-21-10-8-16(14-24-21)23-25-17-5-1-2-6-20(17)32-23/h1-2,5-10,13-14H,3-4,11-12H2,(H,24,26,29). The van der Waals surface area contributed by atoms with Gasteiger partial charge in [0.25, 0.3) is 11.6 Å². The van der Waals surface area contributed by atoms with E-state index in [2.05, 4.69) is 15.3 Å². The maximum atomic E-state index is 12.7. The molecule has 4 aromatic rings. The molecule has 1 aliphatic heterocycles. The monoisotopic (exact) mass is 445 g/mol. The fraction of sp³-hybridized carbons (Fsp3) is 0.174. The Labute approximate surface area is 187 Å². The molecule has 1 fully saturated rings. The lowest BCUT2D eigenvalue weighted by Gasteiger charge is -2.17. The topological polar surface area (TPSA) is 101 Å². The summed E-state index contributed by atoms with van der Waals surface area (Å²) in [5.74, 6) is -0.0764. The molecule has 2 aromatic heterocycles. The van der Waals surface area contributed by atoms with Crippen LogP contribution in [0.15, 0.2) is 60.8 Å². The molecule has 2 aromatic carbocycles. The zero-order chi connectivity index (χ0) is 22.1. The van der Waals surface area contributed by atoms with Crippen molar-refractivity contribution in [3.05, 3.63) is 76.5 Å². The zero-order valence-electron chi connectivity index (χ0n) is 17.0. The van der Waals surface area contributed by atoms with Gasteiger partial charge in [0.15, 0.2) is 0 Å². The molecular weight excluding hydrogens is 426 g/mol. The highest BCUT2D eigenvalue weighted by atomic mass is 32.1. The summed E-state index contributed by atoms with van der Waals surface area (Å²) < 4.78 is 1.10. The summed E-state index contributed by atoms with van der Waals surface area (Å²) in [6.07, 6.45) is 3.68.